The zero-order valence-electron chi connectivity index (χ0n) is 9.05. The van der Waals surface area contributed by atoms with Crippen molar-refractivity contribution in [3.05, 3.63) is 21.9 Å². The van der Waals surface area contributed by atoms with Gasteiger partial charge in [-0.15, -0.1) is 11.3 Å². The predicted octanol–water partition coefficient (Wildman–Crippen LogP) is 2.99. The summed E-state index contributed by atoms with van der Waals surface area (Å²) in [6.45, 7) is 5.78. The molecular formula is C12H19NS. The molecule has 0 bridgehead atoms. The Morgan fingerprint density at radius 3 is 3.00 bits per heavy atom. The molecule has 2 atom stereocenters. The quantitative estimate of drug-likeness (QED) is 0.807. The number of thiophene rings is 1. The summed E-state index contributed by atoms with van der Waals surface area (Å²) >= 11 is 1.95. The number of aryl methyl sites for hydroxylation is 1. The van der Waals surface area contributed by atoms with Gasteiger partial charge in [0.1, 0.15) is 0 Å². The highest BCUT2D eigenvalue weighted by Crippen LogP contribution is 2.23. The van der Waals surface area contributed by atoms with E-state index in [1.807, 2.05) is 11.3 Å². The third-order valence-corrected chi connectivity index (χ3v) is 4.13. The van der Waals surface area contributed by atoms with Gasteiger partial charge in [0, 0.05) is 15.8 Å². The highest BCUT2D eigenvalue weighted by atomic mass is 32.1. The number of hydrogen-bond donors (Lipinski definition) is 1. The highest BCUT2D eigenvalue weighted by Gasteiger charge is 2.21. The summed E-state index contributed by atoms with van der Waals surface area (Å²) in [6, 6.07) is 5.28. The Morgan fingerprint density at radius 2 is 2.43 bits per heavy atom. The van der Waals surface area contributed by atoms with Crippen molar-refractivity contribution < 1.29 is 0 Å². The van der Waals surface area contributed by atoms with Crippen LogP contribution in [0.25, 0.3) is 0 Å². The molecule has 0 radical (unpaired) electrons. The lowest BCUT2D eigenvalue weighted by Crippen LogP contribution is -2.29. The Balaban J connectivity index is 1.90. The molecule has 2 heterocycles. The Bertz CT molecular complexity index is 286. The SMILES string of the molecule is Cc1ccc(CC(C)C2CCCN2)s1. The maximum absolute atomic E-state index is 3.59. The van der Waals surface area contributed by atoms with Gasteiger partial charge in [0.2, 0.25) is 0 Å². The van der Waals surface area contributed by atoms with E-state index in [-0.39, 0.29) is 0 Å². The minimum atomic E-state index is 0.761. The van der Waals surface area contributed by atoms with Gasteiger partial charge in [0.25, 0.3) is 0 Å². The molecule has 1 aromatic heterocycles. The maximum atomic E-state index is 3.59. The minimum absolute atomic E-state index is 0.761. The van der Waals surface area contributed by atoms with E-state index in [2.05, 4.69) is 31.3 Å². The smallest absolute Gasteiger partial charge is 0.00966 e. The Morgan fingerprint density at radius 1 is 1.57 bits per heavy atom. The van der Waals surface area contributed by atoms with Gasteiger partial charge < -0.3 is 5.32 Å². The van der Waals surface area contributed by atoms with Crippen LogP contribution in [0, 0.1) is 12.8 Å². The van der Waals surface area contributed by atoms with Crippen LogP contribution in [-0.4, -0.2) is 12.6 Å². The van der Waals surface area contributed by atoms with Crippen molar-refractivity contribution in [2.24, 2.45) is 5.92 Å². The highest BCUT2D eigenvalue weighted by molar-refractivity contribution is 7.11. The van der Waals surface area contributed by atoms with Crippen molar-refractivity contribution in [2.75, 3.05) is 6.54 Å². The summed E-state index contributed by atoms with van der Waals surface area (Å²) in [5.41, 5.74) is 0. The molecule has 1 aliphatic rings. The zero-order chi connectivity index (χ0) is 9.97. The molecule has 2 unspecified atom stereocenters. The third kappa shape index (κ3) is 2.37. The summed E-state index contributed by atoms with van der Waals surface area (Å²) in [4.78, 5) is 2.98. The molecule has 14 heavy (non-hydrogen) atoms. The molecule has 0 amide bonds. The van der Waals surface area contributed by atoms with Crippen LogP contribution in [0.2, 0.25) is 0 Å². The van der Waals surface area contributed by atoms with Gasteiger partial charge in [0.05, 0.1) is 0 Å². The molecule has 78 valence electrons. The van der Waals surface area contributed by atoms with Gasteiger partial charge in [0.15, 0.2) is 0 Å². The standard InChI is InChI=1S/C12H19NS/c1-9(12-4-3-7-13-12)8-11-6-5-10(2)14-11/h5-6,9,12-13H,3-4,7-8H2,1-2H3. The van der Waals surface area contributed by atoms with E-state index < -0.39 is 0 Å². The first kappa shape index (κ1) is 10.2. The normalized spacial score (nSPS) is 24.0. The van der Waals surface area contributed by atoms with E-state index in [4.69, 9.17) is 0 Å². The average molecular weight is 209 g/mol. The average Bonchev–Trinajstić information content (AvgIpc) is 2.75. The second-order valence-corrected chi connectivity index (χ2v) is 5.77. The van der Waals surface area contributed by atoms with E-state index in [0.717, 1.165) is 12.0 Å². The van der Waals surface area contributed by atoms with Crippen molar-refractivity contribution >= 4 is 11.3 Å². The lowest BCUT2D eigenvalue weighted by molar-refractivity contribution is 0.420. The van der Waals surface area contributed by atoms with Gasteiger partial charge in [-0.2, -0.15) is 0 Å². The topological polar surface area (TPSA) is 12.0 Å². The molecule has 1 saturated heterocycles. The molecule has 2 heteroatoms. The lowest BCUT2D eigenvalue weighted by atomic mass is 9.96. The molecule has 1 aromatic rings. The Kier molecular flexibility index (Phi) is 3.24. The van der Waals surface area contributed by atoms with Gasteiger partial charge in [-0.1, -0.05) is 6.92 Å². The van der Waals surface area contributed by atoms with Crippen LogP contribution in [0.3, 0.4) is 0 Å². The second kappa shape index (κ2) is 4.45. The molecule has 1 fully saturated rings. The van der Waals surface area contributed by atoms with Crippen molar-refractivity contribution in [1.82, 2.24) is 5.32 Å². The second-order valence-electron chi connectivity index (χ2n) is 4.40. The van der Waals surface area contributed by atoms with Gasteiger partial charge in [-0.25, -0.2) is 0 Å². The number of rotatable bonds is 3. The van der Waals surface area contributed by atoms with Crippen LogP contribution >= 0.6 is 11.3 Å². The first-order chi connectivity index (χ1) is 6.75. The summed E-state index contributed by atoms with van der Waals surface area (Å²) in [5.74, 6) is 0.788. The molecule has 2 rings (SSSR count). The molecule has 0 aromatic carbocycles. The van der Waals surface area contributed by atoms with Crippen LogP contribution < -0.4 is 5.32 Å². The van der Waals surface area contributed by atoms with E-state index in [0.29, 0.717) is 0 Å². The van der Waals surface area contributed by atoms with Crippen molar-refractivity contribution in [3.8, 4) is 0 Å². The van der Waals surface area contributed by atoms with Crippen LogP contribution in [-0.2, 0) is 6.42 Å². The molecule has 1 nitrogen and oxygen atoms in total. The van der Waals surface area contributed by atoms with E-state index in [9.17, 15) is 0 Å². The fourth-order valence-electron chi connectivity index (χ4n) is 2.25. The first-order valence-corrected chi connectivity index (χ1v) is 6.36. The largest absolute Gasteiger partial charge is 0.314 e. The maximum Gasteiger partial charge on any atom is 0.00966 e. The van der Waals surface area contributed by atoms with Gasteiger partial charge in [-0.3, -0.25) is 0 Å². The van der Waals surface area contributed by atoms with Crippen molar-refractivity contribution in [3.63, 3.8) is 0 Å². The Hall–Kier alpha value is -0.340. The monoisotopic (exact) mass is 209 g/mol. The summed E-state index contributed by atoms with van der Waals surface area (Å²) in [7, 11) is 0. The fraction of sp³-hybridized carbons (Fsp3) is 0.667. The lowest BCUT2D eigenvalue weighted by Gasteiger charge is -2.18. The molecular weight excluding hydrogens is 190 g/mol. The van der Waals surface area contributed by atoms with E-state index in [1.54, 1.807) is 4.88 Å². The van der Waals surface area contributed by atoms with Gasteiger partial charge in [-0.05, 0) is 50.8 Å². The Labute approximate surface area is 90.5 Å². The fourth-order valence-corrected chi connectivity index (χ4v) is 3.28. The van der Waals surface area contributed by atoms with E-state index in [1.165, 1.54) is 30.7 Å². The molecule has 1 N–H and O–H groups in total. The molecule has 0 spiro atoms. The zero-order valence-corrected chi connectivity index (χ0v) is 9.86. The van der Waals surface area contributed by atoms with E-state index >= 15 is 0 Å². The van der Waals surface area contributed by atoms with Crippen molar-refractivity contribution in [1.29, 1.82) is 0 Å². The van der Waals surface area contributed by atoms with Crippen LogP contribution in [0.1, 0.15) is 29.5 Å². The van der Waals surface area contributed by atoms with Crippen LogP contribution in [0.4, 0.5) is 0 Å². The first-order valence-electron chi connectivity index (χ1n) is 5.54. The van der Waals surface area contributed by atoms with Crippen molar-refractivity contribution in [2.45, 2.75) is 39.2 Å². The van der Waals surface area contributed by atoms with Crippen LogP contribution in [0.5, 0.6) is 0 Å². The summed E-state index contributed by atoms with van der Waals surface area (Å²) in [6.07, 6.45) is 3.97. The minimum Gasteiger partial charge on any atom is -0.314 e. The summed E-state index contributed by atoms with van der Waals surface area (Å²) < 4.78 is 0. The number of hydrogen-bond acceptors (Lipinski definition) is 2. The predicted molar refractivity (Wildman–Crippen MR) is 62.9 cm³/mol. The summed E-state index contributed by atoms with van der Waals surface area (Å²) in [5, 5.41) is 3.59. The van der Waals surface area contributed by atoms with Gasteiger partial charge >= 0.3 is 0 Å². The number of nitrogens with one attached hydrogen (secondary N) is 1. The molecule has 0 aliphatic carbocycles. The molecule has 1 aliphatic heterocycles. The third-order valence-electron chi connectivity index (χ3n) is 3.10. The molecule has 0 saturated carbocycles. The van der Waals surface area contributed by atoms with Crippen LogP contribution in [0.15, 0.2) is 12.1 Å².